The summed E-state index contributed by atoms with van der Waals surface area (Å²) in [7, 11) is 0. The molecular weight excluding hydrogens is 1080 g/mol. The van der Waals surface area contributed by atoms with Crippen LogP contribution in [0.15, 0.2) is 36.5 Å². The number of hydrogen-bond acceptors (Lipinski definition) is 18. The van der Waals surface area contributed by atoms with Crippen molar-refractivity contribution in [2.75, 3.05) is 26.4 Å². The predicted octanol–water partition coefficient (Wildman–Crippen LogP) is 7.66. The molecule has 3 aliphatic heterocycles. The highest BCUT2D eigenvalue weighted by atomic mass is 16.8. The van der Waals surface area contributed by atoms with Gasteiger partial charge >= 0.3 is 0 Å². The number of hydrogen-bond donors (Lipinski definition) is 12. The Morgan fingerprint density at radius 2 is 0.786 bits per heavy atom. The van der Waals surface area contributed by atoms with Crippen molar-refractivity contribution in [3.05, 3.63) is 36.5 Å². The molecule has 3 fully saturated rings. The van der Waals surface area contributed by atoms with Crippen molar-refractivity contribution in [2.24, 2.45) is 0 Å². The van der Waals surface area contributed by atoms with Crippen molar-refractivity contribution in [2.45, 2.75) is 343 Å². The summed E-state index contributed by atoms with van der Waals surface area (Å²) >= 11 is 0. The van der Waals surface area contributed by atoms with E-state index < -0.39 is 124 Å². The molecule has 3 aliphatic rings. The number of allylic oxidation sites excluding steroid dienone is 5. The van der Waals surface area contributed by atoms with Crippen molar-refractivity contribution in [3.63, 3.8) is 0 Å². The highest BCUT2D eigenvalue weighted by molar-refractivity contribution is 5.76. The van der Waals surface area contributed by atoms with Gasteiger partial charge < -0.3 is 89.9 Å². The average Bonchev–Trinajstić information content (AvgIpc) is 2.01. The van der Waals surface area contributed by atoms with E-state index in [0.717, 1.165) is 57.8 Å². The molecule has 492 valence electrons. The lowest BCUT2D eigenvalue weighted by atomic mass is 9.96. The molecule has 3 rings (SSSR count). The molecule has 17 atom stereocenters. The van der Waals surface area contributed by atoms with Crippen LogP contribution in [0.2, 0.25) is 0 Å². The second-order valence-electron chi connectivity index (χ2n) is 23.9. The van der Waals surface area contributed by atoms with Crippen LogP contribution in [-0.4, -0.2) is 193 Å². The lowest BCUT2D eigenvalue weighted by molar-refractivity contribution is -0.379. The summed E-state index contributed by atoms with van der Waals surface area (Å²) in [4.78, 5) is 13.3. The van der Waals surface area contributed by atoms with E-state index >= 15 is 0 Å². The van der Waals surface area contributed by atoms with E-state index in [1.54, 1.807) is 6.08 Å². The second kappa shape index (κ2) is 47.9. The molecule has 0 radical (unpaired) electrons. The van der Waals surface area contributed by atoms with E-state index in [2.05, 4.69) is 43.5 Å². The zero-order valence-electron chi connectivity index (χ0n) is 51.6. The van der Waals surface area contributed by atoms with E-state index in [1.807, 2.05) is 6.08 Å². The van der Waals surface area contributed by atoms with Gasteiger partial charge in [0.05, 0.1) is 38.6 Å². The van der Waals surface area contributed by atoms with Crippen LogP contribution in [0, 0.1) is 0 Å². The maximum absolute atomic E-state index is 13.3. The monoisotopic (exact) mass is 1200 g/mol. The van der Waals surface area contributed by atoms with Crippen molar-refractivity contribution in [1.29, 1.82) is 0 Å². The fraction of sp³-hybridized carbons (Fsp3) is 0.892. The molecule has 12 N–H and O–H groups in total. The first-order chi connectivity index (χ1) is 40.8. The molecule has 0 aromatic rings. The smallest absolute Gasteiger partial charge is 0.220 e. The van der Waals surface area contributed by atoms with Gasteiger partial charge in [0.1, 0.15) is 73.2 Å². The van der Waals surface area contributed by atoms with Gasteiger partial charge in [-0.2, -0.15) is 0 Å². The number of aliphatic hydroxyl groups is 11. The summed E-state index contributed by atoms with van der Waals surface area (Å²) in [6, 6.07) is -0.967. The van der Waals surface area contributed by atoms with E-state index in [4.69, 9.17) is 28.4 Å². The summed E-state index contributed by atoms with van der Waals surface area (Å²) in [5, 5.41) is 120. The maximum atomic E-state index is 13.3. The van der Waals surface area contributed by atoms with Gasteiger partial charge in [0.25, 0.3) is 0 Å². The number of aliphatic hydroxyl groups excluding tert-OH is 11. The topological polar surface area (TPSA) is 307 Å². The third kappa shape index (κ3) is 30.5. The molecule has 19 heteroatoms. The molecule has 3 saturated heterocycles. The summed E-state index contributed by atoms with van der Waals surface area (Å²) in [6.45, 7) is 1.62. The van der Waals surface area contributed by atoms with Crippen LogP contribution in [0.1, 0.15) is 239 Å². The Morgan fingerprint density at radius 1 is 0.429 bits per heavy atom. The number of rotatable bonds is 50. The van der Waals surface area contributed by atoms with Crippen LogP contribution in [0.25, 0.3) is 0 Å². The van der Waals surface area contributed by atoms with Crippen molar-refractivity contribution in [3.8, 4) is 0 Å². The van der Waals surface area contributed by atoms with Gasteiger partial charge in [-0.15, -0.1) is 0 Å². The first-order valence-corrected chi connectivity index (χ1v) is 33.2. The standard InChI is InChI=1S/C65H119NO18/c1-3-5-7-9-11-12-13-14-15-16-17-18-19-20-21-22-23-24-25-26-27-28-29-30-31-32-33-34-35-36-37-39-41-43-53(71)66-48(49(70)42-40-38-10-8-6-4-2)47-79-63-59(77)56(74)61(51(45-68)81-63)84-65-60(78)57(75)62(52(46-69)82-65)83-64-58(76)55(73)54(72)50(44-67)80-64/h13-14,16-17,40,42,48-52,54-65,67-70,72-78H,3-12,15,18-39,41,43-47H2,1-2H3,(H,66,71)/b14-13-,17-16-,42-40+. The van der Waals surface area contributed by atoms with Crippen molar-refractivity contribution in [1.82, 2.24) is 5.32 Å². The third-order valence-corrected chi connectivity index (χ3v) is 16.7. The number of unbranched alkanes of at least 4 members (excludes halogenated alkanes) is 30. The molecular formula is C65H119NO18. The van der Waals surface area contributed by atoms with Gasteiger partial charge in [0.15, 0.2) is 18.9 Å². The first-order valence-electron chi connectivity index (χ1n) is 33.2. The minimum Gasteiger partial charge on any atom is -0.394 e. The summed E-state index contributed by atoms with van der Waals surface area (Å²) < 4.78 is 34.1. The molecule has 0 spiro atoms. The lowest BCUT2D eigenvalue weighted by Gasteiger charge is -2.48. The average molecular weight is 1200 g/mol. The number of nitrogens with one attached hydrogen (secondary N) is 1. The Bertz CT molecular complexity index is 1670. The van der Waals surface area contributed by atoms with Crippen LogP contribution >= 0.6 is 0 Å². The van der Waals surface area contributed by atoms with E-state index in [0.29, 0.717) is 6.42 Å². The van der Waals surface area contributed by atoms with Crippen LogP contribution in [0.5, 0.6) is 0 Å². The number of amides is 1. The SMILES string of the molecule is CCCCCC/C=C/C(O)C(COC1OC(CO)C(OC2OC(CO)C(OC3OC(CO)C(O)C(O)C3O)C(O)C2O)C(O)C1O)NC(=O)CCCCCCCCCCCCCCCCCCCCCCC/C=C\C/C=C\CCCCCCC. The Balaban J connectivity index is 1.29. The van der Waals surface area contributed by atoms with Gasteiger partial charge in [-0.3, -0.25) is 4.79 Å². The van der Waals surface area contributed by atoms with Gasteiger partial charge in [-0.25, -0.2) is 0 Å². The number of carbonyl (C=O) groups is 1. The van der Waals surface area contributed by atoms with Crippen LogP contribution in [0.3, 0.4) is 0 Å². The first kappa shape index (κ1) is 76.3. The van der Waals surface area contributed by atoms with Gasteiger partial charge in [0.2, 0.25) is 5.91 Å². The second-order valence-corrected chi connectivity index (χ2v) is 23.9. The fourth-order valence-corrected chi connectivity index (χ4v) is 11.2. The summed E-state index contributed by atoms with van der Waals surface area (Å²) in [5.74, 6) is -0.279. The third-order valence-electron chi connectivity index (χ3n) is 16.7. The molecule has 84 heavy (non-hydrogen) atoms. The molecule has 17 unspecified atom stereocenters. The van der Waals surface area contributed by atoms with E-state index in [-0.39, 0.29) is 18.9 Å². The Labute approximate surface area is 504 Å². The molecule has 0 aromatic carbocycles. The highest BCUT2D eigenvalue weighted by Gasteiger charge is 2.53. The quantitative estimate of drug-likeness (QED) is 0.0205. The molecule has 0 saturated carbocycles. The van der Waals surface area contributed by atoms with E-state index in [9.17, 15) is 61.0 Å². The fourth-order valence-electron chi connectivity index (χ4n) is 11.2. The van der Waals surface area contributed by atoms with Crippen LogP contribution < -0.4 is 5.32 Å². The molecule has 0 aliphatic carbocycles. The Hall–Kier alpha value is -1.99. The molecule has 0 aromatic heterocycles. The van der Waals surface area contributed by atoms with Crippen molar-refractivity contribution < 1.29 is 89.4 Å². The summed E-state index contributed by atoms with van der Waals surface area (Å²) in [6.07, 6.45) is 27.9. The molecule has 1 amide bonds. The zero-order valence-corrected chi connectivity index (χ0v) is 51.6. The van der Waals surface area contributed by atoms with Crippen LogP contribution in [0.4, 0.5) is 0 Å². The van der Waals surface area contributed by atoms with Gasteiger partial charge in [0, 0.05) is 6.42 Å². The number of carbonyl (C=O) groups excluding carboxylic acids is 1. The Kier molecular flexibility index (Phi) is 43.5. The lowest BCUT2D eigenvalue weighted by Crippen LogP contribution is -2.66. The van der Waals surface area contributed by atoms with Crippen molar-refractivity contribution >= 4 is 5.91 Å². The largest absolute Gasteiger partial charge is 0.394 e. The molecule has 19 nitrogen and oxygen atoms in total. The summed E-state index contributed by atoms with van der Waals surface area (Å²) in [5.41, 5.74) is 0. The zero-order chi connectivity index (χ0) is 61.2. The highest BCUT2D eigenvalue weighted by Crippen LogP contribution is 2.33. The minimum atomic E-state index is -1.98. The maximum Gasteiger partial charge on any atom is 0.220 e. The Morgan fingerprint density at radius 3 is 1.23 bits per heavy atom. The predicted molar refractivity (Wildman–Crippen MR) is 323 cm³/mol. The van der Waals surface area contributed by atoms with E-state index in [1.165, 1.54) is 154 Å². The molecule has 3 heterocycles. The van der Waals surface area contributed by atoms with Crippen LogP contribution in [-0.2, 0) is 33.2 Å². The van der Waals surface area contributed by atoms with Gasteiger partial charge in [-0.1, -0.05) is 217 Å². The van der Waals surface area contributed by atoms with Gasteiger partial charge in [-0.05, 0) is 51.4 Å². The normalized spacial score (nSPS) is 29.4. The molecule has 0 bridgehead atoms. The number of ether oxygens (including phenoxy) is 6. The minimum absolute atomic E-state index is 0.245.